The minimum Gasteiger partial charge on any atom is -0.313 e. The topological polar surface area (TPSA) is 81.2 Å². The van der Waals surface area contributed by atoms with Crippen LogP contribution in [-0.2, 0) is 19.2 Å². The van der Waals surface area contributed by atoms with Crippen molar-refractivity contribution in [3.8, 4) is 9.75 Å². The summed E-state index contributed by atoms with van der Waals surface area (Å²) in [7, 11) is 0. The summed E-state index contributed by atoms with van der Waals surface area (Å²) < 4.78 is 0. The molecule has 0 radical (unpaired) electrons. The van der Waals surface area contributed by atoms with Gasteiger partial charge in [-0.05, 0) is 101 Å². The molecule has 7 rings (SSSR count). The molecule has 0 aliphatic carbocycles. The van der Waals surface area contributed by atoms with Gasteiger partial charge in [-0.1, -0.05) is 156 Å². The first kappa shape index (κ1) is 58.3. The molecule has 7 heterocycles. The number of carbonyl (C=O) groups is 4. The largest absolute Gasteiger partial charge is 0.313 e. The fraction of sp³-hybridized carbons (Fsp3) is 0.556. The van der Waals surface area contributed by atoms with Gasteiger partial charge in [0.1, 0.15) is 0 Å². The first-order valence-electron chi connectivity index (χ1n) is 29.0. The summed E-state index contributed by atoms with van der Waals surface area (Å²) in [6.45, 7) is 17.5. The van der Waals surface area contributed by atoms with E-state index in [1.807, 2.05) is 19.6 Å². The number of thiophene rings is 4. The predicted molar refractivity (Wildman–Crippen MR) is 321 cm³/mol. The van der Waals surface area contributed by atoms with Crippen LogP contribution in [0.25, 0.3) is 32.5 Å². The number of nitrogens with zero attached hydrogens (tertiary/aromatic N) is 4. The normalized spacial score (nSPS) is 15.6. The number of fused-ring (bicyclic) bond motifs is 1. The Morgan fingerprint density at radius 2 is 0.800 bits per heavy atom. The van der Waals surface area contributed by atoms with E-state index in [1.54, 1.807) is 45.3 Å². The van der Waals surface area contributed by atoms with E-state index < -0.39 is 0 Å². The monoisotopic (exact) mass is 1090 g/mol. The molecule has 4 amide bonds. The first-order chi connectivity index (χ1) is 36.6. The third kappa shape index (κ3) is 14.2. The van der Waals surface area contributed by atoms with E-state index in [0.717, 1.165) is 151 Å². The van der Waals surface area contributed by atoms with Crippen LogP contribution in [0.4, 0.5) is 0 Å². The van der Waals surface area contributed by atoms with Crippen molar-refractivity contribution in [1.29, 1.82) is 0 Å². The molecule has 4 aromatic heterocycles. The van der Waals surface area contributed by atoms with Gasteiger partial charge in [-0.25, -0.2) is 0 Å². The number of aryl methyl sites for hydroxylation is 2. The van der Waals surface area contributed by atoms with Gasteiger partial charge in [-0.3, -0.25) is 19.2 Å². The zero-order valence-corrected chi connectivity index (χ0v) is 49.8. The van der Waals surface area contributed by atoms with Crippen LogP contribution in [0.3, 0.4) is 0 Å². The number of hydrogen-bond acceptors (Lipinski definition) is 8. The molecule has 0 saturated heterocycles. The van der Waals surface area contributed by atoms with Crippen molar-refractivity contribution in [2.75, 3.05) is 26.2 Å². The van der Waals surface area contributed by atoms with Crippen molar-refractivity contribution in [3.63, 3.8) is 0 Å². The van der Waals surface area contributed by atoms with Gasteiger partial charge < -0.3 is 19.6 Å². The van der Waals surface area contributed by atoms with Crippen LogP contribution in [0.1, 0.15) is 218 Å². The highest BCUT2D eigenvalue weighted by Gasteiger charge is 2.49. The molecular weight excluding hydrogens is 1000 g/mol. The zero-order valence-electron chi connectivity index (χ0n) is 46.5. The van der Waals surface area contributed by atoms with Crippen LogP contribution >= 0.6 is 45.3 Å². The number of unbranched alkanes of at least 4 members (excludes halogenated alkanes) is 20. The second-order valence-electron chi connectivity index (χ2n) is 21.0. The van der Waals surface area contributed by atoms with E-state index >= 15 is 14.4 Å². The average molecular weight is 1090 g/mol. The molecule has 0 bridgehead atoms. The van der Waals surface area contributed by atoms with Crippen molar-refractivity contribution in [2.45, 2.75) is 203 Å². The Kier molecular flexibility index (Phi) is 22.9. The zero-order chi connectivity index (χ0) is 53.3. The summed E-state index contributed by atoms with van der Waals surface area (Å²) in [4.78, 5) is 74.4. The molecule has 0 N–H and O–H groups in total. The lowest BCUT2D eigenvalue weighted by molar-refractivity contribution is -0.124. The molecule has 406 valence electrons. The summed E-state index contributed by atoms with van der Waals surface area (Å²) in [5.41, 5.74) is 5.87. The number of rotatable bonds is 35. The molecule has 0 fully saturated rings. The second kappa shape index (κ2) is 29.4. The minimum absolute atomic E-state index is 0.0299. The Hall–Kier alpha value is -4.36. The highest BCUT2D eigenvalue weighted by Crippen LogP contribution is 2.51. The third-order valence-corrected chi connectivity index (χ3v) is 19.5. The van der Waals surface area contributed by atoms with Gasteiger partial charge in [0, 0.05) is 45.7 Å². The summed E-state index contributed by atoms with van der Waals surface area (Å²) >= 11 is 6.64. The van der Waals surface area contributed by atoms with Crippen molar-refractivity contribution >= 4 is 92.3 Å². The molecule has 75 heavy (non-hydrogen) atoms. The summed E-state index contributed by atoms with van der Waals surface area (Å²) in [5, 5.41) is 0. The van der Waals surface area contributed by atoms with Crippen LogP contribution in [0.15, 0.2) is 70.8 Å². The first-order valence-corrected chi connectivity index (χ1v) is 32.3. The van der Waals surface area contributed by atoms with Gasteiger partial charge in [0.15, 0.2) is 0 Å². The fourth-order valence-corrected chi connectivity index (χ4v) is 15.2. The molecule has 3 aliphatic rings. The molecule has 0 aromatic carbocycles. The van der Waals surface area contributed by atoms with E-state index in [0.29, 0.717) is 42.9 Å². The van der Waals surface area contributed by atoms with Crippen LogP contribution in [0.2, 0.25) is 0 Å². The lowest BCUT2D eigenvalue weighted by Gasteiger charge is -2.24. The van der Waals surface area contributed by atoms with Crippen LogP contribution in [-0.4, -0.2) is 69.9 Å². The number of hydrogen-bond donors (Lipinski definition) is 0. The molecule has 8 nitrogen and oxygen atoms in total. The highest BCUT2D eigenvalue weighted by atomic mass is 32.1. The Morgan fingerprint density at radius 3 is 1.23 bits per heavy atom. The predicted octanol–water partition coefficient (Wildman–Crippen LogP) is 17.9. The molecular formula is C63H86N4O4S4. The van der Waals surface area contributed by atoms with Crippen LogP contribution < -0.4 is 0 Å². The Labute approximate surface area is 466 Å². The molecule has 4 aromatic rings. The quantitative estimate of drug-likeness (QED) is 0.0261. The van der Waals surface area contributed by atoms with Crippen molar-refractivity contribution in [1.82, 2.24) is 19.6 Å². The van der Waals surface area contributed by atoms with Crippen LogP contribution in [0, 0.1) is 13.8 Å². The smallest absolute Gasteiger partial charge is 0.261 e. The van der Waals surface area contributed by atoms with Gasteiger partial charge in [0.2, 0.25) is 6.41 Å². The summed E-state index contributed by atoms with van der Waals surface area (Å²) in [5.74, 6) is -0.138. The lowest BCUT2D eigenvalue weighted by Crippen LogP contribution is -2.30. The molecule has 0 spiro atoms. The molecule has 12 heteroatoms. The Balaban J connectivity index is 1.26. The minimum atomic E-state index is -0.0541. The summed E-state index contributed by atoms with van der Waals surface area (Å²) in [6.07, 6.45) is 27.7. The number of carbonyl (C=O) groups excluding carboxylic acids is 4. The van der Waals surface area contributed by atoms with E-state index in [9.17, 15) is 4.79 Å². The van der Waals surface area contributed by atoms with Gasteiger partial charge >= 0.3 is 0 Å². The second-order valence-corrected chi connectivity index (χ2v) is 25.8. The lowest BCUT2D eigenvalue weighted by atomic mass is 10.0. The van der Waals surface area contributed by atoms with Crippen molar-refractivity contribution in [3.05, 3.63) is 100 Å². The maximum atomic E-state index is 15.2. The van der Waals surface area contributed by atoms with E-state index in [4.69, 9.17) is 0 Å². The van der Waals surface area contributed by atoms with Crippen molar-refractivity contribution < 1.29 is 19.2 Å². The van der Waals surface area contributed by atoms with E-state index in [2.05, 4.69) is 97.0 Å². The summed E-state index contributed by atoms with van der Waals surface area (Å²) in [6, 6.07) is 17.0. The number of amides is 4. The van der Waals surface area contributed by atoms with Crippen molar-refractivity contribution in [2.24, 2.45) is 0 Å². The standard InChI is InChI=1S/C63H86N4O4S4/c1-8-12-16-20-24-28-40-64(44-68)58(51-34-32-45(5)72-51)54-47(7)57(65(61(54)69)41-29-25-21-17-13-9-2)50-38-36-48(74-50)49-37-39-53(75-49)60-56-55(62(70)67(60)43-31-27-23-19-15-11-4)59(52-35-33-46(6)73-52)66(63(56)71)42-30-26-22-18-14-10-3/h32-39,44H,8-31,40-43H2,1-7H3/b58-54+. The molecule has 0 saturated carbocycles. The highest BCUT2D eigenvalue weighted by molar-refractivity contribution is 7.23. The molecule has 0 unspecified atom stereocenters. The van der Waals surface area contributed by atoms with Gasteiger partial charge in [0.25, 0.3) is 17.7 Å². The van der Waals surface area contributed by atoms with Gasteiger partial charge in [-0.15, -0.1) is 45.3 Å². The van der Waals surface area contributed by atoms with E-state index in [-0.39, 0.29) is 17.7 Å². The third-order valence-electron chi connectivity index (χ3n) is 15.1. The average Bonchev–Trinajstić information content (AvgIpc) is 4.31. The SMILES string of the molecule is CCCCCCCCN1C(=O)C2=C(c3ccc(-c4ccc(C5=C(C)/C(=C(/c6ccc(C)s6)N(C=O)CCCCCCCC)C(=O)N5CCCCCCCC)s4)s3)N(CCCCCCCC)C(=O)C2=C1c1ccc(C)s1. The maximum absolute atomic E-state index is 15.2. The van der Waals surface area contributed by atoms with Gasteiger partial charge in [0.05, 0.1) is 59.0 Å². The molecule has 3 aliphatic heterocycles. The van der Waals surface area contributed by atoms with E-state index in [1.165, 1.54) is 77.0 Å². The van der Waals surface area contributed by atoms with Crippen LogP contribution in [0.5, 0.6) is 0 Å². The maximum Gasteiger partial charge on any atom is 0.261 e. The fourth-order valence-electron chi connectivity index (χ4n) is 11.0. The van der Waals surface area contributed by atoms with Gasteiger partial charge in [-0.2, -0.15) is 0 Å². The Bertz CT molecular complexity index is 2690. The molecule has 0 atom stereocenters. The Morgan fingerprint density at radius 1 is 0.427 bits per heavy atom.